The van der Waals surface area contributed by atoms with E-state index in [1.165, 1.54) is 51.4 Å². The number of hydrogen-bond donors (Lipinski definition) is 1. The van der Waals surface area contributed by atoms with E-state index in [1.54, 1.807) is 0 Å². The van der Waals surface area contributed by atoms with E-state index in [9.17, 15) is 5.11 Å². The lowest BCUT2D eigenvalue weighted by atomic mass is 10.1. The molecule has 104 valence electrons. The van der Waals surface area contributed by atoms with Gasteiger partial charge < -0.3 is 9.84 Å². The number of unbranched alkanes of at least 4 members (excludes halogenated alkanes) is 7. The summed E-state index contributed by atoms with van der Waals surface area (Å²) in [7, 11) is 0. The van der Waals surface area contributed by atoms with Crippen LogP contribution in [0.15, 0.2) is 0 Å². The third kappa shape index (κ3) is 12.2. The molecule has 2 heteroatoms. The van der Waals surface area contributed by atoms with Crippen molar-refractivity contribution in [3.8, 4) is 0 Å². The monoisotopic (exact) mass is 244 g/mol. The fraction of sp³-hybridized carbons (Fsp3) is 1.00. The molecule has 0 aromatic heterocycles. The molecule has 1 unspecified atom stereocenters. The van der Waals surface area contributed by atoms with Crippen molar-refractivity contribution in [2.24, 2.45) is 0 Å². The van der Waals surface area contributed by atoms with Crippen LogP contribution in [0.25, 0.3) is 0 Å². The van der Waals surface area contributed by atoms with Crippen molar-refractivity contribution in [1.82, 2.24) is 0 Å². The van der Waals surface area contributed by atoms with Crippen molar-refractivity contribution < 1.29 is 9.84 Å². The van der Waals surface area contributed by atoms with Crippen LogP contribution in [0.2, 0.25) is 0 Å². The Balaban J connectivity index is 3.28. The average molecular weight is 244 g/mol. The van der Waals surface area contributed by atoms with Crippen LogP contribution in [0.5, 0.6) is 0 Å². The van der Waals surface area contributed by atoms with Gasteiger partial charge in [0.1, 0.15) is 0 Å². The molecular formula is C15H32O2. The Hall–Kier alpha value is -0.0800. The first-order valence-electron chi connectivity index (χ1n) is 7.57. The largest absolute Gasteiger partial charge is 0.394 e. The minimum Gasteiger partial charge on any atom is -0.394 e. The van der Waals surface area contributed by atoms with E-state index in [4.69, 9.17) is 4.74 Å². The maximum atomic E-state index is 9.20. The first-order chi connectivity index (χ1) is 8.35. The number of aliphatic hydroxyl groups excluding tert-OH is 1. The summed E-state index contributed by atoms with van der Waals surface area (Å²) in [5.41, 5.74) is 0. The van der Waals surface area contributed by atoms with Crippen LogP contribution in [0.3, 0.4) is 0 Å². The van der Waals surface area contributed by atoms with Gasteiger partial charge in [-0.05, 0) is 12.8 Å². The zero-order valence-electron chi connectivity index (χ0n) is 11.9. The summed E-state index contributed by atoms with van der Waals surface area (Å²) in [6.45, 7) is 5.45. The van der Waals surface area contributed by atoms with Gasteiger partial charge in [0.15, 0.2) is 0 Å². The molecule has 0 saturated heterocycles. The molecule has 0 aliphatic carbocycles. The van der Waals surface area contributed by atoms with Crippen LogP contribution in [-0.4, -0.2) is 24.4 Å². The highest BCUT2D eigenvalue weighted by Gasteiger charge is 2.06. The molecule has 0 bridgehead atoms. The van der Waals surface area contributed by atoms with Gasteiger partial charge in [0.2, 0.25) is 0 Å². The van der Waals surface area contributed by atoms with Gasteiger partial charge in [-0.3, -0.25) is 0 Å². The molecule has 0 aromatic carbocycles. The van der Waals surface area contributed by atoms with E-state index in [-0.39, 0.29) is 12.7 Å². The second-order valence-electron chi connectivity index (χ2n) is 4.94. The maximum absolute atomic E-state index is 9.20. The van der Waals surface area contributed by atoms with Crippen LogP contribution >= 0.6 is 0 Å². The zero-order chi connectivity index (χ0) is 12.8. The van der Waals surface area contributed by atoms with E-state index >= 15 is 0 Å². The van der Waals surface area contributed by atoms with Gasteiger partial charge in [-0.2, -0.15) is 0 Å². The summed E-state index contributed by atoms with van der Waals surface area (Å²) < 4.78 is 5.70. The van der Waals surface area contributed by atoms with Crippen molar-refractivity contribution in [2.75, 3.05) is 13.2 Å². The highest BCUT2D eigenvalue weighted by Crippen LogP contribution is 2.09. The molecule has 0 spiro atoms. The predicted molar refractivity (Wildman–Crippen MR) is 74.3 cm³/mol. The third-order valence-electron chi connectivity index (χ3n) is 3.18. The Morgan fingerprint density at radius 3 is 2.00 bits per heavy atom. The van der Waals surface area contributed by atoms with Crippen LogP contribution in [-0.2, 0) is 4.74 Å². The summed E-state index contributed by atoms with van der Waals surface area (Å²) in [6.07, 6.45) is 12.5. The van der Waals surface area contributed by atoms with Gasteiger partial charge >= 0.3 is 0 Å². The van der Waals surface area contributed by atoms with Crippen LogP contribution in [0.1, 0.15) is 78.1 Å². The van der Waals surface area contributed by atoms with Crippen molar-refractivity contribution in [3.05, 3.63) is 0 Å². The molecule has 0 rings (SSSR count). The number of ether oxygens (including phenoxy) is 1. The molecule has 0 saturated carbocycles. The molecule has 0 aliphatic rings. The molecule has 17 heavy (non-hydrogen) atoms. The maximum Gasteiger partial charge on any atom is 0.0805 e. The zero-order valence-corrected chi connectivity index (χ0v) is 11.9. The summed E-state index contributed by atoms with van der Waals surface area (Å²) in [6, 6.07) is 0. The lowest BCUT2D eigenvalue weighted by Gasteiger charge is -2.15. The lowest BCUT2D eigenvalue weighted by molar-refractivity contribution is 0.00500. The van der Waals surface area contributed by atoms with Crippen molar-refractivity contribution >= 4 is 0 Å². The highest BCUT2D eigenvalue weighted by molar-refractivity contribution is 4.56. The van der Waals surface area contributed by atoms with Crippen molar-refractivity contribution in [3.63, 3.8) is 0 Å². The van der Waals surface area contributed by atoms with Gasteiger partial charge in [0.25, 0.3) is 0 Å². The quantitative estimate of drug-likeness (QED) is 0.489. The minimum atomic E-state index is 0.0815. The smallest absolute Gasteiger partial charge is 0.0805 e. The Bertz CT molecular complexity index is 137. The molecule has 2 nitrogen and oxygen atoms in total. The molecule has 1 atom stereocenters. The number of aliphatic hydroxyl groups is 1. The summed E-state index contributed by atoms with van der Waals surface area (Å²) >= 11 is 0. The molecule has 0 amide bonds. The van der Waals surface area contributed by atoms with E-state index in [2.05, 4.69) is 13.8 Å². The number of hydrogen-bond acceptors (Lipinski definition) is 2. The molecular weight excluding hydrogens is 212 g/mol. The van der Waals surface area contributed by atoms with E-state index in [1.807, 2.05) is 0 Å². The first-order valence-corrected chi connectivity index (χ1v) is 7.57. The van der Waals surface area contributed by atoms with Crippen molar-refractivity contribution in [2.45, 2.75) is 84.2 Å². The highest BCUT2D eigenvalue weighted by atomic mass is 16.5. The van der Waals surface area contributed by atoms with Crippen LogP contribution in [0.4, 0.5) is 0 Å². The SMILES string of the molecule is CCCCCCCOC(CO)CCCCCC. The van der Waals surface area contributed by atoms with E-state index < -0.39 is 0 Å². The fourth-order valence-electron chi connectivity index (χ4n) is 1.98. The second-order valence-corrected chi connectivity index (χ2v) is 4.94. The van der Waals surface area contributed by atoms with Crippen LogP contribution < -0.4 is 0 Å². The summed E-state index contributed by atoms with van der Waals surface area (Å²) in [5.74, 6) is 0. The van der Waals surface area contributed by atoms with E-state index in [0.29, 0.717) is 0 Å². The summed E-state index contributed by atoms with van der Waals surface area (Å²) in [5, 5.41) is 9.20. The van der Waals surface area contributed by atoms with Gasteiger partial charge in [0.05, 0.1) is 12.7 Å². The molecule has 0 aromatic rings. The van der Waals surface area contributed by atoms with Gasteiger partial charge in [0, 0.05) is 6.61 Å². The van der Waals surface area contributed by atoms with Crippen LogP contribution in [0, 0.1) is 0 Å². The summed E-state index contributed by atoms with van der Waals surface area (Å²) in [4.78, 5) is 0. The topological polar surface area (TPSA) is 29.5 Å². The molecule has 0 radical (unpaired) electrons. The second kappa shape index (κ2) is 14.0. The minimum absolute atomic E-state index is 0.0815. The predicted octanol–water partition coefficient (Wildman–Crippen LogP) is 4.30. The Labute approximate surface area is 108 Å². The molecule has 0 aliphatic heterocycles. The first kappa shape index (κ1) is 16.9. The number of rotatable bonds is 13. The van der Waals surface area contributed by atoms with E-state index in [0.717, 1.165) is 19.4 Å². The van der Waals surface area contributed by atoms with Crippen molar-refractivity contribution in [1.29, 1.82) is 0 Å². The van der Waals surface area contributed by atoms with Gasteiger partial charge in [-0.1, -0.05) is 65.2 Å². The molecule has 1 N–H and O–H groups in total. The van der Waals surface area contributed by atoms with Gasteiger partial charge in [-0.15, -0.1) is 0 Å². The normalized spacial score (nSPS) is 12.9. The lowest BCUT2D eigenvalue weighted by Crippen LogP contribution is -2.18. The molecule has 0 heterocycles. The fourth-order valence-corrected chi connectivity index (χ4v) is 1.98. The Morgan fingerprint density at radius 1 is 0.824 bits per heavy atom. The average Bonchev–Trinajstić information content (AvgIpc) is 2.36. The Morgan fingerprint density at radius 2 is 1.41 bits per heavy atom. The van der Waals surface area contributed by atoms with Gasteiger partial charge in [-0.25, -0.2) is 0 Å². The Kier molecular flexibility index (Phi) is 13.9. The molecule has 0 fully saturated rings. The standard InChI is InChI=1S/C15H32O2/c1-3-5-7-9-11-13-17-15(14-16)12-10-8-6-4-2/h15-16H,3-14H2,1-2H3. The third-order valence-corrected chi connectivity index (χ3v) is 3.18.